The summed E-state index contributed by atoms with van der Waals surface area (Å²) < 4.78 is 0. The van der Waals surface area contributed by atoms with Gasteiger partial charge in [0.15, 0.2) is 0 Å². The van der Waals surface area contributed by atoms with E-state index in [1.54, 1.807) is 0 Å². The van der Waals surface area contributed by atoms with Gasteiger partial charge in [-0.1, -0.05) is 12.2 Å². The number of rotatable bonds is 2. The van der Waals surface area contributed by atoms with Crippen LogP contribution in [0.25, 0.3) is 0 Å². The van der Waals surface area contributed by atoms with Crippen molar-refractivity contribution in [3.05, 3.63) is 24.1 Å². The van der Waals surface area contributed by atoms with Crippen molar-refractivity contribution >= 4 is 17.7 Å². The topological polar surface area (TPSA) is 37.3 Å². The highest BCUT2D eigenvalue weighted by molar-refractivity contribution is 8.02. The predicted octanol–water partition coefficient (Wildman–Crippen LogP) is 2.28. The first-order valence-electron chi connectivity index (χ1n) is 3.36. The standard InChI is InChI=1S/C4H6O2.C4H6S/c1-2-3-4(5)6;1-2-4-5-3-1/h2H,1,3H2,(H,5,6);1,3H,2,4H2. The minimum absolute atomic E-state index is 0.0556. The van der Waals surface area contributed by atoms with Gasteiger partial charge in [-0.25, -0.2) is 0 Å². The molecule has 0 aromatic carbocycles. The van der Waals surface area contributed by atoms with E-state index < -0.39 is 5.97 Å². The number of allylic oxidation sites excluding steroid dienone is 1. The minimum Gasteiger partial charge on any atom is -0.481 e. The van der Waals surface area contributed by atoms with Crippen molar-refractivity contribution in [2.45, 2.75) is 12.8 Å². The molecule has 1 rings (SSSR count). The Balaban J connectivity index is 0.000000183. The van der Waals surface area contributed by atoms with E-state index in [4.69, 9.17) is 5.11 Å². The van der Waals surface area contributed by atoms with Gasteiger partial charge in [0.05, 0.1) is 6.42 Å². The molecular weight excluding hydrogens is 160 g/mol. The number of hydrogen-bond donors (Lipinski definition) is 1. The maximum absolute atomic E-state index is 9.53. The first kappa shape index (κ1) is 10.3. The van der Waals surface area contributed by atoms with Crippen LogP contribution in [0.15, 0.2) is 24.1 Å². The highest BCUT2D eigenvalue weighted by Gasteiger charge is 1.85. The number of thioether (sulfide) groups is 1. The van der Waals surface area contributed by atoms with Crippen molar-refractivity contribution in [3.63, 3.8) is 0 Å². The van der Waals surface area contributed by atoms with Crippen LogP contribution < -0.4 is 0 Å². The van der Waals surface area contributed by atoms with Crippen molar-refractivity contribution in [3.8, 4) is 0 Å². The van der Waals surface area contributed by atoms with Crippen LogP contribution in [0.5, 0.6) is 0 Å². The summed E-state index contributed by atoms with van der Waals surface area (Å²) in [4.78, 5) is 9.53. The lowest BCUT2D eigenvalue weighted by Crippen LogP contribution is -1.88. The molecule has 0 aromatic rings. The second kappa shape index (κ2) is 7.41. The molecule has 2 nitrogen and oxygen atoms in total. The number of carbonyl (C=O) groups is 1. The Morgan fingerprint density at radius 1 is 1.82 bits per heavy atom. The number of carboxylic acid groups (broad SMARTS) is 1. The molecule has 3 heteroatoms. The second-order valence-corrected chi connectivity index (χ2v) is 2.93. The fourth-order valence-corrected chi connectivity index (χ4v) is 1.14. The Bertz CT molecular complexity index is 146. The SMILES string of the molecule is C1=CSCC1.C=CCC(=O)O. The monoisotopic (exact) mass is 172 g/mol. The maximum Gasteiger partial charge on any atom is 0.307 e. The van der Waals surface area contributed by atoms with Gasteiger partial charge >= 0.3 is 5.97 Å². The molecule has 0 atom stereocenters. The zero-order chi connectivity index (χ0) is 8.53. The van der Waals surface area contributed by atoms with E-state index in [9.17, 15) is 4.79 Å². The Hall–Kier alpha value is -0.700. The third-order valence-electron chi connectivity index (χ3n) is 0.914. The lowest BCUT2D eigenvalue weighted by Gasteiger charge is -1.75. The molecule has 1 N–H and O–H groups in total. The van der Waals surface area contributed by atoms with E-state index in [2.05, 4.69) is 18.1 Å². The smallest absolute Gasteiger partial charge is 0.307 e. The van der Waals surface area contributed by atoms with Crippen molar-refractivity contribution < 1.29 is 9.90 Å². The molecule has 0 saturated heterocycles. The van der Waals surface area contributed by atoms with Crippen LogP contribution in [-0.4, -0.2) is 16.8 Å². The molecule has 11 heavy (non-hydrogen) atoms. The summed E-state index contributed by atoms with van der Waals surface area (Å²) in [6.45, 7) is 3.22. The first-order valence-corrected chi connectivity index (χ1v) is 4.41. The van der Waals surface area contributed by atoms with Crippen molar-refractivity contribution in [1.29, 1.82) is 0 Å². The molecule has 0 amide bonds. The van der Waals surface area contributed by atoms with E-state index in [0.29, 0.717) is 0 Å². The summed E-state index contributed by atoms with van der Waals surface area (Å²) in [6, 6.07) is 0. The van der Waals surface area contributed by atoms with Gasteiger partial charge in [0.2, 0.25) is 0 Å². The third kappa shape index (κ3) is 9.30. The van der Waals surface area contributed by atoms with Gasteiger partial charge in [-0.05, 0) is 11.8 Å². The van der Waals surface area contributed by atoms with Crippen LogP contribution in [-0.2, 0) is 4.79 Å². The first-order chi connectivity index (χ1) is 5.27. The molecular formula is C8H12O2S. The molecule has 0 unspecified atom stereocenters. The second-order valence-electron chi connectivity index (χ2n) is 1.92. The van der Waals surface area contributed by atoms with E-state index >= 15 is 0 Å². The fraction of sp³-hybridized carbons (Fsp3) is 0.375. The summed E-state index contributed by atoms with van der Waals surface area (Å²) in [5, 5.41) is 10.00. The highest BCUT2D eigenvalue weighted by atomic mass is 32.2. The van der Waals surface area contributed by atoms with E-state index in [1.807, 2.05) is 11.8 Å². The largest absolute Gasteiger partial charge is 0.481 e. The lowest BCUT2D eigenvalue weighted by molar-refractivity contribution is -0.135. The van der Waals surface area contributed by atoms with Crippen LogP contribution in [0.1, 0.15) is 12.8 Å². The summed E-state index contributed by atoms with van der Waals surface area (Å²) in [5.74, 6) is 0.477. The summed E-state index contributed by atoms with van der Waals surface area (Å²) in [7, 11) is 0. The summed E-state index contributed by atoms with van der Waals surface area (Å²) in [6.07, 6.45) is 4.89. The molecule has 1 aliphatic rings. The van der Waals surface area contributed by atoms with E-state index in [0.717, 1.165) is 0 Å². The van der Waals surface area contributed by atoms with Crippen molar-refractivity contribution in [1.82, 2.24) is 0 Å². The van der Waals surface area contributed by atoms with Crippen LogP contribution in [0.4, 0.5) is 0 Å². The number of hydrogen-bond acceptors (Lipinski definition) is 2. The van der Waals surface area contributed by atoms with Gasteiger partial charge in [-0.3, -0.25) is 4.79 Å². The zero-order valence-corrected chi connectivity index (χ0v) is 7.14. The molecule has 0 aromatic heterocycles. The molecule has 1 heterocycles. The fourth-order valence-electron chi connectivity index (χ4n) is 0.464. The van der Waals surface area contributed by atoms with E-state index in [-0.39, 0.29) is 6.42 Å². The number of carboxylic acids is 1. The van der Waals surface area contributed by atoms with Crippen LogP contribution in [0.2, 0.25) is 0 Å². The summed E-state index contributed by atoms with van der Waals surface area (Å²) in [5.41, 5.74) is 0. The van der Waals surface area contributed by atoms with Crippen molar-refractivity contribution in [2.24, 2.45) is 0 Å². The molecule has 0 spiro atoms. The van der Waals surface area contributed by atoms with Gasteiger partial charge in [-0.15, -0.1) is 18.3 Å². The molecule has 62 valence electrons. The zero-order valence-electron chi connectivity index (χ0n) is 6.32. The Labute approximate surface area is 71.0 Å². The maximum atomic E-state index is 9.53. The minimum atomic E-state index is -0.829. The Morgan fingerprint density at radius 3 is 2.64 bits per heavy atom. The molecule has 1 aliphatic heterocycles. The van der Waals surface area contributed by atoms with Crippen LogP contribution in [0.3, 0.4) is 0 Å². The Morgan fingerprint density at radius 2 is 2.55 bits per heavy atom. The normalized spacial score (nSPS) is 13.5. The molecule has 0 saturated carbocycles. The third-order valence-corrected chi connectivity index (χ3v) is 1.77. The molecule has 0 aliphatic carbocycles. The van der Waals surface area contributed by atoms with Crippen LogP contribution in [0, 0.1) is 0 Å². The van der Waals surface area contributed by atoms with Gasteiger partial charge in [0, 0.05) is 5.75 Å². The average Bonchev–Trinajstić information content (AvgIpc) is 2.41. The Kier molecular flexibility index (Phi) is 6.94. The highest BCUT2D eigenvalue weighted by Crippen LogP contribution is 2.11. The van der Waals surface area contributed by atoms with E-state index in [1.165, 1.54) is 18.2 Å². The van der Waals surface area contributed by atoms with Gasteiger partial charge in [-0.2, -0.15) is 0 Å². The quantitative estimate of drug-likeness (QED) is 0.649. The predicted molar refractivity (Wildman–Crippen MR) is 48.7 cm³/mol. The van der Waals surface area contributed by atoms with Crippen molar-refractivity contribution in [2.75, 3.05) is 5.75 Å². The van der Waals surface area contributed by atoms with Gasteiger partial charge in [0.25, 0.3) is 0 Å². The summed E-state index contributed by atoms with van der Waals surface area (Å²) >= 11 is 1.89. The lowest BCUT2D eigenvalue weighted by atomic mass is 10.4. The van der Waals surface area contributed by atoms with Gasteiger partial charge < -0.3 is 5.11 Å². The van der Waals surface area contributed by atoms with Gasteiger partial charge in [0.1, 0.15) is 0 Å². The molecule has 0 radical (unpaired) electrons. The average molecular weight is 172 g/mol. The molecule has 0 fully saturated rings. The molecule has 0 bridgehead atoms. The number of aliphatic carboxylic acids is 1. The van der Waals surface area contributed by atoms with Crippen LogP contribution >= 0.6 is 11.8 Å².